The highest BCUT2D eigenvalue weighted by Crippen LogP contribution is 2.06. The van der Waals surface area contributed by atoms with Gasteiger partial charge >= 0.3 is 0 Å². The summed E-state index contributed by atoms with van der Waals surface area (Å²) in [4.78, 5) is 2.02. The Hall–Kier alpha value is -0.150. The van der Waals surface area contributed by atoms with Crippen LogP contribution in [0.2, 0.25) is 0 Å². The standard InChI is InChI=1S/C6H13FN2/c1-5(7)2-9-3-6(8)4-9/h5-6H,2-4,8H2,1H3/t5-/m1/s1. The smallest absolute Gasteiger partial charge is 0.110 e. The van der Waals surface area contributed by atoms with E-state index in [0.29, 0.717) is 12.6 Å². The number of rotatable bonds is 2. The first-order valence-corrected chi connectivity index (χ1v) is 3.30. The molecule has 0 aromatic rings. The van der Waals surface area contributed by atoms with Gasteiger partial charge in [0.15, 0.2) is 0 Å². The summed E-state index contributed by atoms with van der Waals surface area (Å²) >= 11 is 0. The maximum atomic E-state index is 12.2. The fourth-order valence-electron chi connectivity index (χ4n) is 1.11. The molecule has 3 heteroatoms. The Morgan fingerprint density at radius 1 is 1.78 bits per heavy atom. The van der Waals surface area contributed by atoms with Gasteiger partial charge in [-0.05, 0) is 6.92 Å². The normalized spacial score (nSPS) is 25.7. The average molecular weight is 132 g/mol. The van der Waals surface area contributed by atoms with E-state index in [4.69, 9.17) is 5.73 Å². The van der Waals surface area contributed by atoms with Crippen LogP contribution in [0.1, 0.15) is 6.92 Å². The molecule has 2 nitrogen and oxygen atoms in total. The molecule has 0 amide bonds. The van der Waals surface area contributed by atoms with Gasteiger partial charge in [-0.1, -0.05) is 0 Å². The number of hydrogen-bond donors (Lipinski definition) is 1. The quantitative estimate of drug-likeness (QED) is 0.572. The zero-order chi connectivity index (χ0) is 6.85. The van der Waals surface area contributed by atoms with E-state index in [1.165, 1.54) is 0 Å². The van der Waals surface area contributed by atoms with Crippen LogP contribution in [0.15, 0.2) is 0 Å². The largest absolute Gasteiger partial charge is 0.325 e. The molecular weight excluding hydrogens is 119 g/mol. The Morgan fingerprint density at radius 2 is 2.33 bits per heavy atom. The third-order valence-electron chi connectivity index (χ3n) is 1.50. The van der Waals surface area contributed by atoms with E-state index in [1.54, 1.807) is 6.92 Å². The Bertz CT molecular complexity index is 89.1. The Morgan fingerprint density at radius 3 is 2.67 bits per heavy atom. The molecule has 2 N–H and O–H groups in total. The van der Waals surface area contributed by atoms with Gasteiger partial charge in [-0.25, -0.2) is 4.39 Å². The van der Waals surface area contributed by atoms with Gasteiger partial charge < -0.3 is 5.73 Å². The van der Waals surface area contributed by atoms with Crippen molar-refractivity contribution in [3.05, 3.63) is 0 Å². The Labute approximate surface area is 54.8 Å². The summed E-state index contributed by atoms with van der Waals surface area (Å²) in [5.41, 5.74) is 5.48. The van der Waals surface area contributed by atoms with Gasteiger partial charge in [0, 0.05) is 25.7 Å². The molecule has 54 valence electrons. The van der Waals surface area contributed by atoms with Gasteiger partial charge in [0.1, 0.15) is 6.17 Å². The van der Waals surface area contributed by atoms with E-state index in [0.717, 1.165) is 13.1 Å². The fraction of sp³-hybridized carbons (Fsp3) is 1.00. The summed E-state index contributed by atoms with van der Waals surface area (Å²) < 4.78 is 12.2. The van der Waals surface area contributed by atoms with Crippen LogP contribution in [-0.2, 0) is 0 Å². The lowest BCUT2D eigenvalue weighted by Gasteiger charge is -2.37. The van der Waals surface area contributed by atoms with Crippen LogP contribution >= 0.6 is 0 Å². The lowest BCUT2D eigenvalue weighted by Crippen LogP contribution is -2.56. The molecule has 1 aliphatic heterocycles. The molecule has 0 saturated carbocycles. The van der Waals surface area contributed by atoms with Crippen molar-refractivity contribution >= 4 is 0 Å². The van der Waals surface area contributed by atoms with Crippen molar-refractivity contribution in [2.24, 2.45) is 5.73 Å². The lowest BCUT2D eigenvalue weighted by atomic mass is 10.1. The van der Waals surface area contributed by atoms with Gasteiger partial charge in [0.05, 0.1) is 0 Å². The summed E-state index contributed by atoms with van der Waals surface area (Å²) in [6.45, 7) is 3.86. The molecule has 0 aliphatic carbocycles. The summed E-state index contributed by atoms with van der Waals surface area (Å²) in [5.74, 6) is 0. The molecule has 0 bridgehead atoms. The van der Waals surface area contributed by atoms with Crippen LogP contribution in [0.4, 0.5) is 4.39 Å². The maximum absolute atomic E-state index is 12.2. The molecule has 0 aromatic carbocycles. The SMILES string of the molecule is C[C@@H](F)CN1CC(N)C1. The number of nitrogens with two attached hydrogens (primary N) is 1. The summed E-state index contributed by atoms with van der Waals surface area (Å²) in [7, 11) is 0. The molecule has 1 saturated heterocycles. The molecule has 1 heterocycles. The molecular formula is C6H13FN2. The van der Waals surface area contributed by atoms with E-state index in [9.17, 15) is 4.39 Å². The second kappa shape index (κ2) is 2.62. The molecule has 1 rings (SSSR count). The van der Waals surface area contributed by atoms with Gasteiger partial charge in [-0.3, -0.25) is 4.90 Å². The van der Waals surface area contributed by atoms with Crippen LogP contribution in [0, 0.1) is 0 Å². The molecule has 0 aromatic heterocycles. The molecule has 0 spiro atoms. The van der Waals surface area contributed by atoms with Crippen LogP contribution < -0.4 is 5.73 Å². The molecule has 1 atom stereocenters. The maximum Gasteiger partial charge on any atom is 0.110 e. The van der Waals surface area contributed by atoms with Crippen LogP contribution in [0.3, 0.4) is 0 Å². The van der Waals surface area contributed by atoms with Crippen LogP contribution in [-0.4, -0.2) is 36.7 Å². The predicted molar refractivity (Wildman–Crippen MR) is 35.0 cm³/mol. The number of likely N-dealkylation sites (tertiary alicyclic amines) is 1. The van der Waals surface area contributed by atoms with Crippen molar-refractivity contribution in [3.8, 4) is 0 Å². The minimum atomic E-state index is -0.711. The zero-order valence-electron chi connectivity index (χ0n) is 5.68. The Kier molecular flexibility index (Phi) is 2.03. The first-order valence-electron chi connectivity index (χ1n) is 3.30. The fourth-order valence-corrected chi connectivity index (χ4v) is 1.11. The van der Waals surface area contributed by atoms with Crippen LogP contribution in [0.5, 0.6) is 0 Å². The highest BCUT2D eigenvalue weighted by atomic mass is 19.1. The van der Waals surface area contributed by atoms with Gasteiger partial charge in [0.25, 0.3) is 0 Å². The van der Waals surface area contributed by atoms with E-state index >= 15 is 0 Å². The van der Waals surface area contributed by atoms with Crippen molar-refractivity contribution in [2.75, 3.05) is 19.6 Å². The summed E-state index contributed by atoms with van der Waals surface area (Å²) in [6.07, 6.45) is -0.711. The summed E-state index contributed by atoms with van der Waals surface area (Å²) in [5, 5.41) is 0. The predicted octanol–water partition coefficient (Wildman–Crippen LogP) is -0.0127. The minimum Gasteiger partial charge on any atom is -0.325 e. The van der Waals surface area contributed by atoms with Crippen molar-refractivity contribution in [3.63, 3.8) is 0 Å². The number of hydrogen-bond acceptors (Lipinski definition) is 2. The highest BCUT2D eigenvalue weighted by molar-refractivity contribution is 4.83. The molecule has 1 fully saturated rings. The van der Waals surface area contributed by atoms with Crippen molar-refractivity contribution in [1.82, 2.24) is 4.90 Å². The lowest BCUT2D eigenvalue weighted by molar-refractivity contribution is 0.115. The zero-order valence-corrected chi connectivity index (χ0v) is 5.68. The first-order chi connectivity index (χ1) is 4.18. The molecule has 1 aliphatic rings. The monoisotopic (exact) mass is 132 g/mol. The minimum absolute atomic E-state index is 0.295. The molecule has 0 unspecified atom stereocenters. The third kappa shape index (κ3) is 1.91. The number of nitrogens with zero attached hydrogens (tertiary/aromatic N) is 1. The second-order valence-electron chi connectivity index (χ2n) is 2.76. The van der Waals surface area contributed by atoms with Gasteiger partial charge in [0.2, 0.25) is 0 Å². The second-order valence-corrected chi connectivity index (χ2v) is 2.76. The Balaban J connectivity index is 2.04. The highest BCUT2D eigenvalue weighted by Gasteiger charge is 2.23. The number of halogens is 1. The molecule has 0 radical (unpaired) electrons. The van der Waals surface area contributed by atoms with Gasteiger partial charge in [-0.15, -0.1) is 0 Å². The molecule has 9 heavy (non-hydrogen) atoms. The summed E-state index contributed by atoms with van der Waals surface area (Å²) in [6, 6.07) is 0.295. The van der Waals surface area contributed by atoms with E-state index in [1.807, 2.05) is 4.90 Å². The third-order valence-corrected chi connectivity index (χ3v) is 1.50. The topological polar surface area (TPSA) is 29.3 Å². The van der Waals surface area contributed by atoms with Crippen molar-refractivity contribution in [1.29, 1.82) is 0 Å². The van der Waals surface area contributed by atoms with E-state index in [2.05, 4.69) is 0 Å². The van der Waals surface area contributed by atoms with Crippen molar-refractivity contribution < 1.29 is 4.39 Å². The van der Waals surface area contributed by atoms with Crippen molar-refractivity contribution in [2.45, 2.75) is 19.1 Å². The van der Waals surface area contributed by atoms with E-state index in [-0.39, 0.29) is 0 Å². The van der Waals surface area contributed by atoms with Crippen LogP contribution in [0.25, 0.3) is 0 Å². The first kappa shape index (κ1) is 6.96. The average Bonchev–Trinajstić information content (AvgIpc) is 1.60. The van der Waals surface area contributed by atoms with Gasteiger partial charge in [-0.2, -0.15) is 0 Å². The van der Waals surface area contributed by atoms with E-state index < -0.39 is 6.17 Å². The number of alkyl halides is 1.